The summed E-state index contributed by atoms with van der Waals surface area (Å²) in [6.45, 7) is 0. The topological polar surface area (TPSA) is 43.4 Å². The average molecular weight is 233 g/mol. The van der Waals surface area contributed by atoms with Crippen molar-refractivity contribution < 1.29 is 12.6 Å². The Morgan fingerprint density at radius 2 is 1.93 bits per heavy atom. The molecule has 0 N–H and O–H groups in total. The highest BCUT2D eigenvalue weighted by atomic mass is 35.5. The highest BCUT2D eigenvalue weighted by molar-refractivity contribution is 7.88. The molecule has 0 unspecified atom stereocenters. The van der Waals surface area contributed by atoms with Crippen LogP contribution >= 0.6 is 11.6 Å². The van der Waals surface area contributed by atoms with E-state index in [4.69, 9.17) is 15.8 Å². The van der Waals surface area contributed by atoms with Crippen molar-refractivity contribution >= 4 is 21.7 Å². The van der Waals surface area contributed by atoms with Crippen LogP contribution in [0, 0.1) is 0 Å². The van der Waals surface area contributed by atoms with Gasteiger partial charge in [0.25, 0.3) is 0 Å². The fraction of sp³-hybridized carbons (Fsp3) is 0.333. The Balaban J connectivity index is 2.22. The third-order valence-electron chi connectivity index (χ3n) is 1.98. The quantitative estimate of drug-likeness (QED) is 0.751. The molecule has 0 atom stereocenters. The van der Waals surface area contributed by atoms with Crippen LogP contribution in [0.15, 0.2) is 24.3 Å². The lowest BCUT2D eigenvalue weighted by Gasteiger charge is -2.06. The molecule has 3 nitrogen and oxygen atoms in total. The van der Waals surface area contributed by atoms with Crippen LogP contribution in [0.2, 0.25) is 5.02 Å². The SMILES string of the molecule is O=S(=O)(Oc1ccccc1Cl)C1CC1. The van der Waals surface area contributed by atoms with E-state index in [0.717, 1.165) is 0 Å². The monoisotopic (exact) mass is 232 g/mol. The summed E-state index contributed by atoms with van der Waals surface area (Å²) in [5.74, 6) is 0.209. The van der Waals surface area contributed by atoms with Gasteiger partial charge in [0.1, 0.15) is 0 Å². The number of hydrogen-bond acceptors (Lipinski definition) is 3. The van der Waals surface area contributed by atoms with Gasteiger partial charge in [-0.05, 0) is 25.0 Å². The second kappa shape index (κ2) is 3.44. The highest BCUT2D eigenvalue weighted by Gasteiger charge is 2.37. The first kappa shape index (κ1) is 9.80. The number of benzene rings is 1. The van der Waals surface area contributed by atoms with E-state index in [1.54, 1.807) is 24.3 Å². The lowest BCUT2D eigenvalue weighted by molar-refractivity contribution is 0.484. The van der Waals surface area contributed by atoms with E-state index >= 15 is 0 Å². The number of rotatable bonds is 3. The van der Waals surface area contributed by atoms with Crippen LogP contribution in [0.3, 0.4) is 0 Å². The molecule has 5 heteroatoms. The van der Waals surface area contributed by atoms with Gasteiger partial charge in [-0.25, -0.2) is 0 Å². The Kier molecular flexibility index (Phi) is 2.41. The molecule has 0 heterocycles. The van der Waals surface area contributed by atoms with Gasteiger partial charge in [0.05, 0.1) is 10.3 Å². The summed E-state index contributed by atoms with van der Waals surface area (Å²) in [7, 11) is -3.45. The zero-order valence-electron chi connectivity index (χ0n) is 7.31. The minimum absolute atomic E-state index is 0.209. The molecule has 14 heavy (non-hydrogen) atoms. The largest absolute Gasteiger partial charge is 0.381 e. The first-order chi connectivity index (χ1) is 6.59. The van der Waals surface area contributed by atoms with Crippen molar-refractivity contribution in [3.05, 3.63) is 29.3 Å². The van der Waals surface area contributed by atoms with E-state index in [1.165, 1.54) is 0 Å². The molecule has 2 rings (SSSR count). The van der Waals surface area contributed by atoms with Crippen LogP contribution in [0.1, 0.15) is 12.8 Å². The molecule has 1 aliphatic rings. The zero-order chi connectivity index (χ0) is 10.2. The minimum atomic E-state index is -3.45. The smallest absolute Gasteiger partial charge is 0.312 e. The molecule has 1 fully saturated rings. The lowest BCUT2D eigenvalue weighted by atomic mass is 10.3. The molecule has 1 aromatic rings. The molecule has 0 aromatic heterocycles. The Hall–Kier alpha value is -0.740. The standard InChI is InChI=1S/C9H9ClO3S/c10-8-3-1-2-4-9(8)13-14(11,12)7-5-6-7/h1-4,7H,5-6H2. The molecule has 0 saturated heterocycles. The van der Waals surface area contributed by atoms with Crippen LogP contribution in [-0.4, -0.2) is 13.7 Å². The molecule has 76 valence electrons. The Bertz CT molecular complexity index is 437. The van der Waals surface area contributed by atoms with Gasteiger partial charge >= 0.3 is 10.1 Å². The maximum absolute atomic E-state index is 11.4. The summed E-state index contributed by atoms with van der Waals surface area (Å²) in [4.78, 5) is 0. The van der Waals surface area contributed by atoms with Gasteiger partial charge in [0, 0.05) is 0 Å². The van der Waals surface area contributed by atoms with E-state index in [9.17, 15) is 8.42 Å². The molecular formula is C9H9ClO3S. The van der Waals surface area contributed by atoms with Gasteiger partial charge in [-0.3, -0.25) is 0 Å². The van der Waals surface area contributed by atoms with Crippen molar-refractivity contribution in [2.45, 2.75) is 18.1 Å². The summed E-state index contributed by atoms with van der Waals surface area (Å²) >= 11 is 5.77. The van der Waals surface area contributed by atoms with Gasteiger partial charge in [-0.1, -0.05) is 23.7 Å². The minimum Gasteiger partial charge on any atom is -0.381 e. The van der Waals surface area contributed by atoms with Crippen molar-refractivity contribution in [1.82, 2.24) is 0 Å². The van der Waals surface area contributed by atoms with Gasteiger partial charge in [0.15, 0.2) is 5.75 Å². The van der Waals surface area contributed by atoms with E-state index < -0.39 is 10.1 Å². The molecule has 0 bridgehead atoms. The van der Waals surface area contributed by atoms with Gasteiger partial charge in [-0.2, -0.15) is 8.42 Å². The maximum atomic E-state index is 11.4. The summed E-state index contributed by atoms with van der Waals surface area (Å²) in [6, 6.07) is 6.55. The molecule has 1 aromatic carbocycles. The fourth-order valence-corrected chi connectivity index (χ4v) is 2.53. The Morgan fingerprint density at radius 1 is 1.29 bits per heavy atom. The third-order valence-corrected chi connectivity index (χ3v) is 3.99. The van der Waals surface area contributed by atoms with Gasteiger partial charge in [-0.15, -0.1) is 0 Å². The van der Waals surface area contributed by atoms with Crippen LogP contribution in [0.5, 0.6) is 5.75 Å². The molecule has 1 saturated carbocycles. The normalized spacial score (nSPS) is 16.6. The highest BCUT2D eigenvalue weighted by Crippen LogP contribution is 2.32. The summed E-state index contributed by atoms with van der Waals surface area (Å²) in [6.07, 6.45) is 1.37. The van der Waals surface area contributed by atoms with Gasteiger partial charge < -0.3 is 4.18 Å². The van der Waals surface area contributed by atoms with Crippen LogP contribution in [-0.2, 0) is 10.1 Å². The Morgan fingerprint density at radius 3 is 2.50 bits per heavy atom. The van der Waals surface area contributed by atoms with Crippen molar-refractivity contribution in [1.29, 1.82) is 0 Å². The van der Waals surface area contributed by atoms with Crippen LogP contribution in [0.25, 0.3) is 0 Å². The van der Waals surface area contributed by atoms with Gasteiger partial charge in [0.2, 0.25) is 0 Å². The number of para-hydroxylation sites is 1. The van der Waals surface area contributed by atoms with Crippen LogP contribution < -0.4 is 4.18 Å². The van der Waals surface area contributed by atoms with E-state index in [1.807, 2.05) is 0 Å². The van der Waals surface area contributed by atoms with Crippen molar-refractivity contribution in [3.8, 4) is 5.75 Å². The van der Waals surface area contributed by atoms with Crippen molar-refractivity contribution in [2.75, 3.05) is 0 Å². The second-order valence-corrected chi connectivity index (χ2v) is 5.43. The maximum Gasteiger partial charge on any atom is 0.312 e. The first-order valence-electron chi connectivity index (χ1n) is 4.27. The lowest BCUT2D eigenvalue weighted by Crippen LogP contribution is -2.14. The number of halogens is 1. The Labute approximate surface area is 87.8 Å². The van der Waals surface area contributed by atoms with Crippen LogP contribution in [0.4, 0.5) is 0 Å². The summed E-state index contributed by atoms with van der Waals surface area (Å²) in [5, 5.41) is -0.0181. The molecule has 0 amide bonds. The van der Waals surface area contributed by atoms with E-state index in [2.05, 4.69) is 0 Å². The first-order valence-corrected chi connectivity index (χ1v) is 6.12. The predicted molar refractivity (Wildman–Crippen MR) is 54.0 cm³/mol. The molecule has 0 spiro atoms. The second-order valence-electron chi connectivity index (χ2n) is 3.21. The molecule has 0 radical (unpaired) electrons. The molecular weight excluding hydrogens is 224 g/mol. The molecule has 0 aliphatic heterocycles. The fourth-order valence-electron chi connectivity index (χ4n) is 1.06. The van der Waals surface area contributed by atoms with Crippen molar-refractivity contribution in [2.24, 2.45) is 0 Å². The molecule has 1 aliphatic carbocycles. The van der Waals surface area contributed by atoms with E-state index in [0.29, 0.717) is 17.9 Å². The van der Waals surface area contributed by atoms with Crippen molar-refractivity contribution in [3.63, 3.8) is 0 Å². The van der Waals surface area contributed by atoms with E-state index in [-0.39, 0.29) is 11.0 Å². The zero-order valence-corrected chi connectivity index (χ0v) is 8.88. The summed E-state index contributed by atoms with van der Waals surface area (Å²) in [5.41, 5.74) is 0. The average Bonchev–Trinajstić information content (AvgIpc) is 2.91. The number of hydrogen-bond donors (Lipinski definition) is 0. The summed E-state index contributed by atoms with van der Waals surface area (Å²) < 4.78 is 27.8. The third kappa shape index (κ3) is 2.01. The predicted octanol–water partition coefficient (Wildman–Crippen LogP) is 2.21.